The van der Waals surface area contributed by atoms with Gasteiger partial charge in [-0.2, -0.15) is 4.98 Å². The quantitative estimate of drug-likeness (QED) is 0.933. The van der Waals surface area contributed by atoms with Gasteiger partial charge >= 0.3 is 0 Å². The topological polar surface area (TPSA) is 74.2 Å². The highest BCUT2D eigenvalue weighted by Crippen LogP contribution is 2.36. The standard InChI is InChI=1S/C14H16FN3O2/c1-19-11-5-4-9(15)8-10(11)12-17-13(18-20-12)14(16)6-2-3-7-14/h4-5,8H,2-3,6-7,16H2,1H3. The molecule has 6 heteroatoms. The Kier molecular flexibility index (Phi) is 3.17. The first-order chi connectivity index (χ1) is 9.62. The monoisotopic (exact) mass is 277 g/mol. The van der Waals surface area contributed by atoms with Crippen molar-refractivity contribution in [3.05, 3.63) is 29.8 Å². The summed E-state index contributed by atoms with van der Waals surface area (Å²) in [5.74, 6) is 0.812. The van der Waals surface area contributed by atoms with Gasteiger partial charge in [0.05, 0.1) is 18.2 Å². The molecule has 106 valence electrons. The molecule has 1 saturated carbocycles. The van der Waals surface area contributed by atoms with E-state index in [-0.39, 0.29) is 11.7 Å². The number of methoxy groups -OCH3 is 1. The molecule has 0 radical (unpaired) electrons. The van der Waals surface area contributed by atoms with Crippen LogP contribution in [0.3, 0.4) is 0 Å². The number of halogens is 1. The number of rotatable bonds is 3. The summed E-state index contributed by atoms with van der Waals surface area (Å²) >= 11 is 0. The van der Waals surface area contributed by atoms with Gasteiger partial charge in [0.15, 0.2) is 5.82 Å². The molecule has 2 aromatic rings. The van der Waals surface area contributed by atoms with E-state index in [0.717, 1.165) is 25.7 Å². The van der Waals surface area contributed by atoms with Crippen LogP contribution in [0.5, 0.6) is 5.75 Å². The lowest BCUT2D eigenvalue weighted by Gasteiger charge is -2.17. The van der Waals surface area contributed by atoms with Crippen LogP contribution in [-0.2, 0) is 5.54 Å². The number of ether oxygens (including phenoxy) is 1. The Labute approximate surface area is 115 Å². The molecule has 1 heterocycles. The Morgan fingerprint density at radius 2 is 2.10 bits per heavy atom. The first kappa shape index (κ1) is 13.1. The molecule has 0 amide bonds. The zero-order valence-corrected chi connectivity index (χ0v) is 11.2. The van der Waals surface area contributed by atoms with Crippen molar-refractivity contribution in [1.29, 1.82) is 0 Å². The van der Waals surface area contributed by atoms with E-state index in [2.05, 4.69) is 10.1 Å². The van der Waals surface area contributed by atoms with Crippen molar-refractivity contribution >= 4 is 0 Å². The van der Waals surface area contributed by atoms with Crippen LogP contribution in [0.15, 0.2) is 22.7 Å². The fourth-order valence-electron chi connectivity index (χ4n) is 2.61. The summed E-state index contributed by atoms with van der Waals surface area (Å²) in [6.45, 7) is 0. The fourth-order valence-corrected chi connectivity index (χ4v) is 2.61. The highest BCUT2D eigenvalue weighted by Gasteiger charge is 2.36. The van der Waals surface area contributed by atoms with Crippen LogP contribution in [0.4, 0.5) is 4.39 Å². The predicted octanol–water partition coefficient (Wildman–Crippen LogP) is 2.61. The summed E-state index contributed by atoms with van der Waals surface area (Å²) < 4.78 is 23.8. The second kappa shape index (κ2) is 4.86. The third-order valence-corrected chi connectivity index (χ3v) is 3.76. The van der Waals surface area contributed by atoms with Crippen LogP contribution in [0, 0.1) is 5.82 Å². The Morgan fingerprint density at radius 1 is 1.35 bits per heavy atom. The molecular weight excluding hydrogens is 261 g/mol. The van der Waals surface area contributed by atoms with Crippen molar-refractivity contribution in [2.45, 2.75) is 31.2 Å². The maximum atomic E-state index is 13.4. The largest absolute Gasteiger partial charge is 0.496 e. The Bertz CT molecular complexity index is 621. The van der Waals surface area contributed by atoms with Crippen molar-refractivity contribution < 1.29 is 13.7 Å². The van der Waals surface area contributed by atoms with Crippen LogP contribution in [0.25, 0.3) is 11.5 Å². The average molecular weight is 277 g/mol. The van der Waals surface area contributed by atoms with Gasteiger partial charge in [-0.15, -0.1) is 0 Å². The van der Waals surface area contributed by atoms with E-state index in [4.69, 9.17) is 15.0 Å². The number of nitrogens with two attached hydrogens (primary N) is 1. The second-order valence-corrected chi connectivity index (χ2v) is 5.13. The molecule has 0 spiro atoms. The van der Waals surface area contributed by atoms with Gasteiger partial charge < -0.3 is 15.0 Å². The van der Waals surface area contributed by atoms with Crippen LogP contribution >= 0.6 is 0 Å². The molecule has 2 N–H and O–H groups in total. The molecule has 1 fully saturated rings. The van der Waals surface area contributed by atoms with Crippen molar-refractivity contribution in [3.63, 3.8) is 0 Å². The van der Waals surface area contributed by atoms with Gasteiger partial charge in [0.2, 0.25) is 0 Å². The third kappa shape index (κ3) is 2.16. The molecule has 0 aliphatic heterocycles. The van der Waals surface area contributed by atoms with Gasteiger partial charge in [0.25, 0.3) is 5.89 Å². The Morgan fingerprint density at radius 3 is 2.80 bits per heavy atom. The van der Waals surface area contributed by atoms with E-state index in [1.807, 2.05) is 0 Å². The lowest BCUT2D eigenvalue weighted by molar-refractivity contribution is 0.370. The molecule has 1 aromatic carbocycles. The maximum Gasteiger partial charge on any atom is 0.261 e. The van der Waals surface area contributed by atoms with Crippen molar-refractivity contribution in [3.8, 4) is 17.2 Å². The maximum absolute atomic E-state index is 13.4. The summed E-state index contributed by atoms with van der Waals surface area (Å²) in [5, 5.41) is 3.96. The second-order valence-electron chi connectivity index (χ2n) is 5.13. The van der Waals surface area contributed by atoms with Crippen molar-refractivity contribution in [2.75, 3.05) is 7.11 Å². The van der Waals surface area contributed by atoms with E-state index in [0.29, 0.717) is 17.1 Å². The lowest BCUT2D eigenvalue weighted by atomic mass is 9.99. The Hall–Kier alpha value is -1.95. The molecule has 0 saturated heterocycles. The summed E-state index contributed by atoms with van der Waals surface area (Å²) in [7, 11) is 1.51. The summed E-state index contributed by atoms with van der Waals surface area (Å²) in [5.41, 5.74) is 6.19. The molecule has 1 aromatic heterocycles. The van der Waals surface area contributed by atoms with Crippen LogP contribution < -0.4 is 10.5 Å². The highest BCUT2D eigenvalue weighted by atomic mass is 19.1. The van der Waals surface area contributed by atoms with Crippen LogP contribution in [0.1, 0.15) is 31.5 Å². The Balaban J connectivity index is 2.00. The highest BCUT2D eigenvalue weighted by molar-refractivity contribution is 5.62. The summed E-state index contributed by atoms with van der Waals surface area (Å²) in [6.07, 6.45) is 3.80. The van der Waals surface area contributed by atoms with Gasteiger partial charge in [-0.05, 0) is 31.0 Å². The number of nitrogens with zero attached hydrogens (tertiary/aromatic N) is 2. The average Bonchev–Trinajstić information content (AvgIpc) is 3.08. The molecule has 0 bridgehead atoms. The van der Waals surface area contributed by atoms with E-state index in [1.54, 1.807) is 0 Å². The molecule has 20 heavy (non-hydrogen) atoms. The van der Waals surface area contributed by atoms with Crippen molar-refractivity contribution in [1.82, 2.24) is 10.1 Å². The number of hydrogen-bond acceptors (Lipinski definition) is 5. The van der Waals surface area contributed by atoms with Gasteiger partial charge in [-0.3, -0.25) is 0 Å². The van der Waals surface area contributed by atoms with Gasteiger partial charge in [-0.1, -0.05) is 18.0 Å². The predicted molar refractivity (Wildman–Crippen MR) is 70.6 cm³/mol. The minimum Gasteiger partial charge on any atom is -0.496 e. The molecule has 3 rings (SSSR count). The molecular formula is C14H16FN3O2. The summed E-state index contributed by atoms with van der Waals surface area (Å²) in [6, 6.07) is 4.16. The van der Waals surface area contributed by atoms with Gasteiger partial charge in [-0.25, -0.2) is 4.39 Å². The minimum absolute atomic E-state index is 0.230. The van der Waals surface area contributed by atoms with Gasteiger partial charge in [0.1, 0.15) is 11.6 Å². The van der Waals surface area contributed by atoms with E-state index in [9.17, 15) is 4.39 Å². The third-order valence-electron chi connectivity index (χ3n) is 3.76. The van der Waals surface area contributed by atoms with Crippen molar-refractivity contribution in [2.24, 2.45) is 5.73 Å². The molecule has 0 unspecified atom stereocenters. The SMILES string of the molecule is COc1ccc(F)cc1-c1nc(C2(N)CCCC2)no1. The van der Waals surface area contributed by atoms with Crippen LogP contribution in [0.2, 0.25) is 0 Å². The fraction of sp³-hybridized carbons (Fsp3) is 0.429. The molecule has 0 atom stereocenters. The number of aromatic nitrogens is 2. The van der Waals surface area contributed by atoms with E-state index >= 15 is 0 Å². The number of benzene rings is 1. The molecule has 1 aliphatic carbocycles. The minimum atomic E-state index is -0.525. The van der Waals surface area contributed by atoms with E-state index < -0.39 is 5.54 Å². The first-order valence-corrected chi connectivity index (χ1v) is 6.59. The zero-order valence-electron chi connectivity index (χ0n) is 11.2. The first-order valence-electron chi connectivity index (χ1n) is 6.59. The zero-order chi connectivity index (χ0) is 14.2. The summed E-state index contributed by atoms with van der Waals surface area (Å²) in [4.78, 5) is 4.33. The normalized spacial score (nSPS) is 17.4. The molecule has 1 aliphatic rings. The smallest absolute Gasteiger partial charge is 0.261 e. The van der Waals surface area contributed by atoms with Crippen LogP contribution in [-0.4, -0.2) is 17.3 Å². The molecule has 5 nitrogen and oxygen atoms in total. The lowest BCUT2D eigenvalue weighted by Crippen LogP contribution is -2.34. The van der Waals surface area contributed by atoms with E-state index in [1.165, 1.54) is 25.3 Å². The van der Waals surface area contributed by atoms with Gasteiger partial charge in [0, 0.05) is 0 Å². The number of hydrogen-bond donors (Lipinski definition) is 1.